The fourth-order valence-corrected chi connectivity index (χ4v) is 5.12. The van der Waals surface area contributed by atoms with Crippen molar-refractivity contribution in [2.45, 2.75) is 110 Å². The van der Waals surface area contributed by atoms with E-state index >= 15 is 0 Å². The maximum absolute atomic E-state index is 13.9. The lowest BCUT2D eigenvalue weighted by atomic mass is 9.75. The molecule has 2 atom stereocenters. The summed E-state index contributed by atoms with van der Waals surface area (Å²) < 4.78 is 22.4. The number of rotatable bonds is 14. The minimum absolute atomic E-state index is 0.0161. The van der Waals surface area contributed by atoms with E-state index in [1.54, 1.807) is 31.4 Å². The molecule has 1 fully saturated rings. The van der Waals surface area contributed by atoms with Crippen molar-refractivity contribution in [1.82, 2.24) is 5.32 Å². The van der Waals surface area contributed by atoms with E-state index < -0.39 is 34.5 Å². The molecule has 0 bridgehead atoms. The third-order valence-electron chi connectivity index (χ3n) is 6.81. The van der Waals surface area contributed by atoms with Gasteiger partial charge in [-0.25, -0.2) is 0 Å². The number of carbonyl (C=O) groups excluding carboxylic acids is 3. The van der Waals surface area contributed by atoms with Gasteiger partial charge < -0.3 is 24.3 Å². The van der Waals surface area contributed by atoms with E-state index in [-0.39, 0.29) is 24.9 Å². The second kappa shape index (κ2) is 15.1. The summed E-state index contributed by atoms with van der Waals surface area (Å²) in [6, 6.07) is 6.53. The number of benzene rings is 1. The number of amides is 1. The number of ether oxygens (including phenoxy) is 4. The third kappa shape index (κ3) is 12.0. The normalized spacial score (nSPS) is 16.6. The Labute approximate surface area is 244 Å². The quantitative estimate of drug-likeness (QED) is 0.258. The molecule has 0 unspecified atom stereocenters. The maximum atomic E-state index is 13.9. The molecule has 0 saturated heterocycles. The van der Waals surface area contributed by atoms with E-state index in [0.717, 1.165) is 12.8 Å². The predicted molar refractivity (Wildman–Crippen MR) is 155 cm³/mol. The molecule has 1 aromatic rings. The van der Waals surface area contributed by atoms with E-state index in [1.807, 2.05) is 41.5 Å². The van der Waals surface area contributed by atoms with Gasteiger partial charge in [0.25, 0.3) is 0 Å². The van der Waals surface area contributed by atoms with Crippen molar-refractivity contribution < 1.29 is 33.3 Å². The van der Waals surface area contributed by atoms with Gasteiger partial charge >= 0.3 is 11.9 Å². The highest BCUT2D eigenvalue weighted by Crippen LogP contribution is 2.44. The van der Waals surface area contributed by atoms with E-state index in [9.17, 15) is 14.4 Å². The number of esters is 2. The molecule has 0 aliphatic heterocycles. The summed E-state index contributed by atoms with van der Waals surface area (Å²) >= 11 is 5.96. The van der Waals surface area contributed by atoms with Crippen LogP contribution in [0.15, 0.2) is 24.3 Å². The van der Waals surface area contributed by atoms with Crippen LogP contribution in [0.5, 0.6) is 5.75 Å². The molecule has 1 aliphatic rings. The minimum atomic E-state index is -0.724. The molecular weight excluding hydrogens is 534 g/mol. The molecule has 226 valence electrons. The van der Waals surface area contributed by atoms with Crippen LogP contribution in [-0.2, 0) is 28.6 Å². The van der Waals surface area contributed by atoms with Gasteiger partial charge in [-0.2, -0.15) is 0 Å². The van der Waals surface area contributed by atoms with Crippen LogP contribution in [0, 0.1) is 11.3 Å². The van der Waals surface area contributed by atoms with Gasteiger partial charge in [-0.05, 0) is 91.5 Å². The van der Waals surface area contributed by atoms with Crippen molar-refractivity contribution in [2.24, 2.45) is 11.3 Å². The number of hydrogen-bond donors (Lipinski definition) is 1. The van der Waals surface area contributed by atoms with Crippen molar-refractivity contribution in [3.8, 4) is 5.75 Å². The van der Waals surface area contributed by atoms with Crippen molar-refractivity contribution in [1.29, 1.82) is 0 Å². The molecule has 1 aliphatic carbocycles. The van der Waals surface area contributed by atoms with Crippen molar-refractivity contribution in [3.63, 3.8) is 0 Å². The summed E-state index contributed by atoms with van der Waals surface area (Å²) in [6.45, 7) is 11.6. The second-order valence-electron chi connectivity index (χ2n) is 12.8. The zero-order valence-electron chi connectivity index (χ0n) is 25.3. The van der Waals surface area contributed by atoms with Crippen LogP contribution >= 0.6 is 11.6 Å². The molecule has 1 aromatic carbocycles. The standard InChI is InChI=1S/C31H48ClNO7/c1-29(2,3)39-26(34)20-24(15-19-38-25-12-10-23(32)11-13-25)33-28(36)31(16-8-9-17-31)21-22(14-18-37-7)27(35)40-30(4,5)6/h10-13,22,24H,8-9,14-21H2,1-7H3,(H,33,36)/t22-,24-/m1/s1. The SMILES string of the molecule is COCC[C@H](CC1(C(=O)N[C@H](CCOc2ccc(Cl)cc2)CC(=O)OC(C)(C)C)CCCC1)C(=O)OC(C)(C)C. The average molecular weight is 582 g/mol. The Morgan fingerprint density at radius 2 is 1.52 bits per heavy atom. The van der Waals surface area contributed by atoms with Gasteiger partial charge in [-0.15, -0.1) is 0 Å². The number of hydrogen-bond acceptors (Lipinski definition) is 7. The molecule has 0 spiro atoms. The molecule has 8 nitrogen and oxygen atoms in total. The first-order valence-electron chi connectivity index (χ1n) is 14.3. The minimum Gasteiger partial charge on any atom is -0.494 e. The number of carbonyl (C=O) groups is 3. The van der Waals surface area contributed by atoms with Gasteiger partial charge in [0.05, 0.1) is 24.4 Å². The molecule has 0 radical (unpaired) electrons. The van der Waals surface area contributed by atoms with Crippen LogP contribution in [0.1, 0.15) is 92.9 Å². The molecule has 1 saturated carbocycles. The fourth-order valence-electron chi connectivity index (χ4n) is 4.99. The second-order valence-corrected chi connectivity index (χ2v) is 13.2. The first kappa shape index (κ1) is 33.9. The third-order valence-corrected chi connectivity index (χ3v) is 7.06. The van der Waals surface area contributed by atoms with E-state index in [4.69, 9.17) is 30.5 Å². The van der Waals surface area contributed by atoms with E-state index in [1.165, 1.54) is 0 Å². The molecule has 0 heterocycles. The number of nitrogens with one attached hydrogen (secondary N) is 1. The van der Waals surface area contributed by atoms with Crippen LogP contribution in [0.4, 0.5) is 0 Å². The van der Waals surface area contributed by atoms with Gasteiger partial charge in [-0.3, -0.25) is 14.4 Å². The molecule has 9 heteroatoms. The van der Waals surface area contributed by atoms with E-state index in [2.05, 4.69) is 5.32 Å². The lowest BCUT2D eigenvalue weighted by molar-refractivity contribution is -0.162. The Bertz CT molecular complexity index is 959. The lowest BCUT2D eigenvalue weighted by Gasteiger charge is -2.34. The zero-order chi connectivity index (χ0) is 30.0. The van der Waals surface area contributed by atoms with Gasteiger partial charge in [0.1, 0.15) is 17.0 Å². The maximum Gasteiger partial charge on any atom is 0.309 e. The highest BCUT2D eigenvalue weighted by Gasteiger charge is 2.45. The topological polar surface area (TPSA) is 100 Å². The Morgan fingerprint density at radius 1 is 0.925 bits per heavy atom. The van der Waals surface area contributed by atoms with Gasteiger partial charge in [-0.1, -0.05) is 24.4 Å². The number of methoxy groups -OCH3 is 1. The van der Waals surface area contributed by atoms with Crippen LogP contribution in [-0.4, -0.2) is 55.4 Å². The summed E-state index contributed by atoms with van der Waals surface area (Å²) in [5, 5.41) is 3.75. The highest BCUT2D eigenvalue weighted by molar-refractivity contribution is 6.30. The van der Waals surface area contributed by atoms with Crippen LogP contribution in [0.3, 0.4) is 0 Å². The summed E-state index contributed by atoms with van der Waals surface area (Å²) in [4.78, 5) is 39.8. The van der Waals surface area contributed by atoms with Crippen molar-refractivity contribution in [2.75, 3.05) is 20.3 Å². The Kier molecular flexibility index (Phi) is 12.8. The van der Waals surface area contributed by atoms with Crippen LogP contribution < -0.4 is 10.1 Å². The largest absolute Gasteiger partial charge is 0.494 e. The monoisotopic (exact) mass is 581 g/mol. The van der Waals surface area contributed by atoms with Gasteiger partial charge in [0, 0.05) is 31.2 Å². The van der Waals surface area contributed by atoms with Crippen molar-refractivity contribution >= 4 is 29.4 Å². The van der Waals surface area contributed by atoms with Crippen molar-refractivity contribution in [3.05, 3.63) is 29.3 Å². The summed E-state index contributed by atoms with van der Waals surface area (Å²) in [5.41, 5.74) is -1.99. The lowest BCUT2D eigenvalue weighted by Crippen LogP contribution is -2.47. The molecule has 1 amide bonds. The first-order chi connectivity index (χ1) is 18.6. The van der Waals surface area contributed by atoms with Gasteiger partial charge in [0.2, 0.25) is 5.91 Å². The van der Waals surface area contributed by atoms with Crippen LogP contribution in [0.2, 0.25) is 5.02 Å². The predicted octanol–water partition coefficient (Wildman–Crippen LogP) is 6.27. The molecular formula is C31H48ClNO7. The Hall–Kier alpha value is -2.32. The average Bonchev–Trinajstić information content (AvgIpc) is 3.30. The van der Waals surface area contributed by atoms with E-state index in [0.29, 0.717) is 49.5 Å². The first-order valence-corrected chi connectivity index (χ1v) is 14.6. The molecule has 40 heavy (non-hydrogen) atoms. The molecule has 1 N–H and O–H groups in total. The Morgan fingerprint density at radius 3 is 2.08 bits per heavy atom. The van der Waals surface area contributed by atoms with Crippen LogP contribution in [0.25, 0.3) is 0 Å². The molecule has 2 rings (SSSR count). The zero-order valence-corrected chi connectivity index (χ0v) is 26.0. The summed E-state index contributed by atoms with van der Waals surface area (Å²) in [7, 11) is 1.59. The van der Waals surface area contributed by atoms with Gasteiger partial charge in [0.15, 0.2) is 0 Å². The Balaban J connectivity index is 2.19. The highest BCUT2D eigenvalue weighted by atomic mass is 35.5. The number of halogens is 1. The fraction of sp³-hybridized carbons (Fsp3) is 0.710. The summed E-state index contributed by atoms with van der Waals surface area (Å²) in [5.74, 6) is -0.671. The summed E-state index contributed by atoms with van der Waals surface area (Å²) in [6.07, 6.45) is 4.40. The molecule has 0 aromatic heterocycles. The smallest absolute Gasteiger partial charge is 0.309 e.